The second-order valence-electron chi connectivity index (χ2n) is 12.2. The van der Waals surface area contributed by atoms with Crippen LogP contribution in [0.1, 0.15) is 42.1 Å². The molecule has 0 unspecified atom stereocenters. The number of ether oxygens (including phenoxy) is 2. The Morgan fingerprint density at radius 3 is 2.54 bits per heavy atom. The molecule has 3 aliphatic heterocycles. The molecule has 11 nitrogen and oxygen atoms in total. The van der Waals surface area contributed by atoms with Gasteiger partial charge >= 0.3 is 12.3 Å². The Morgan fingerprint density at radius 1 is 1.06 bits per heavy atom. The molecule has 2 N–H and O–H groups in total. The number of methoxy groups -OCH3 is 1. The van der Waals surface area contributed by atoms with Gasteiger partial charge in [-0.1, -0.05) is 12.1 Å². The number of benzene rings is 2. The van der Waals surface area contributed by atoms with Crippen LogP contribution in [-0.2, 0) is 35.0 Å². The number of alkyl halides is 3. The maximum atomic E-state index is 13.9. The van der Waals surface area contributed by atoms with Gasteiger partial charge in [-0.25, -0.2) is 14.8 Å². The number of fused-ring (bicyclic) bond motifs is 1. The molecule has 1 aromatic heterocycles. The molecular formula is C34H40F3N7O4. The van der Waals surface area contributed by atoms with E-state index in [0.717, 1.165) is 62.0 Å². The number of rotatable bonds is 9. The fraction of sp³-hybridized carbons (Fsp3) is 0.471. The van der Waals surface area contributed by atoms with Gasteiger partial charge in [0.15, 0.2) is 0 Å². The van der Waals surface area contributed by atoms with Crippen LogP contribution in [0.25, 0.3) is 0 Å². The molecule has 0 radical (unpaired) electrons. The standard InChI is InChI=1S/C34H40F3N7O4/c1-3-48-33(46)44-13-11-23(12-14-44)42-15-17-43(18-16-42)24-8-10-29(30(19-24)47-2)41-32-38-21-26(34(35,36)37)28(40-32)9-7-22-5-4-6-27-25(22)20-31(45)39-27/h4-6,8,10,19,21,23H,3,7,9,11-18,20H2,1-2H3,(H,39,45)(H,38,40,41). The highest BCUT2D eigenvalue weighted by molar-refractivity contribution is 5.99. The van der Waals surface area contributed by atoms with Crippen molar-refractivity contribution >= 4 is 35.0 Å². The predicted molar refractivity (Wildman–Crippen MR) is 175 cm³/mol. The smallest absolute Gasteiger partial charge is 0.419 e. The van der Waals surface area contributed by atoms with Crippen molar-refractivity contribution in [1.82, 2.24) is 19.8 Å². The number of nitrogens with one attached hydrogen (secondary N) is 2. The molecule has 2 saturated heterocycles. The minimum absolute atomic E-state index is 0.0171. The topological polar surface area (TPSA) is 112 Å². The van der Waals surface area contributed by atoms with Crippen molar-refractivity contribution in [1.29, 1.82) is 0 Å². The Balaban J connectivity index is 1.10. The van der Waals surface area contributed by atoms with Gasteiger partial charge in [0.1, 0.15) is 5.75 Å². The van der Waals surface area contributed by atoms with Crippen molar-refractivity contribution in [2.45, 2.75) is 51.2 Å². The highest BCUT2D eigenvalue weighted by atomic mass is 19.4. The number of hydrogen-bond acceptors (Lipinski definition) is 9. The van der Waals surface area contributed by atoms with Gasteiger partial charge in [-0.05, 0) is 61.9 Å². The monoisotopic (exact) mass is 667 g/mol. The number of piperidine rings is 1. The SMILES string of the molecule is CCOC(=O)N1CCC(N2CCN(c3ccc(Nc4ncc(C(F)(F)F)c(CCc5cccc6c5CC(=O)N6)n4)c(OC)c3)CC2)CC1. The first-order chi connectivity index (χ1) is 23.1. The van der Waals surface area contributed by atoms with Gasteiger partial charge in [0.05, 0.1) is 37.1 Å². The molecule has 14 heteroatoms. The van der Waals surface area contributed by atoms with Crippen LogP contribution in [0.15, 0.2) is 42.6 Å². The van der Waals surface area contributed by atoms with E-state index in [0.29, 0.717) is 42.9 Å². The van der Waals surface area contributed by atoms with Gasteiger partial charge in [-0.15, -0.1) is 0 Å². The maximum Gasteiger partial charge on any atom is 0.419 e. The lowest BCUT2D eigenvalue weighted by Crippen LogP contribution is -2.53. The van der Waals surface area contributed by atoms with Crippen LogP contribution in [0, 0.1) is 0 Å². The van der Waals surface area contributed by atoms with Crippen molar-refractivity contribution in [3.8, 4) is 5.75 Å². The highest BCUT2D eigenvalue weighted by Crippen LogP contribution is 2.35. The number of aromatic nitrogens is 2. The van der Waals surface area contributed by atoms with E-state index in [1.54, 1.807) is 24.1 Å². The molecule has 6 rings (SSSR count). The molecule has 0 saturated carbocycles. The molecular weight excluding hydrogens is 627 g/mol. The Bertz CT molecular complexity index is 1640. The summed E-state index contributed by atoms with van der Waals surface area (Å²) in [6, 6.07) is 11.5. The molecule has 2 amide bonds. The van der Waals surface area contributed by atoms with E-state index in [9.17, 15) is 22.8 Å². The van der Waals surface area contributed by atoms with Crippen LogP contribution < -0.4 is 20.3 Å². The number of anilines is 4. The molecule has 0 spiro atoms. The van der Waals surface area contributed by atoms with E-state index in [1.165, 1.54) is 0 Å². The summed E-state index contributed by atoms with van der Waals surface area (Å²) >= 11 is 0. The Hall–Kier alpha value is -4.59. The normalized spacial score (nSPS) is 17.2. The number of likely N-dealkylation sites (tertiary alicyclic amines) is 1. The zero-order valence-corrected chi connectivity index (χ0v) is 27.1. The van der Waals surface area contributed by atoms with Gasteiger partial charge in [-0.2, -0.15) is 13.2 Å². The third-order valence-corrected chi connectivity index (χ3v) is 9.31. The highest BCUT2D eigenvalue weighted by Gasteiger charge is 2.35. The molecule has 0 atom stereocenters. The summed E-state index contributed by atoms with van der Waals surface area (Å²) in [5.41, 5.74) is 2.81. The number of piperazine rings is 1. The van der Waals surface area contributed by atoms with E-state index < -0.39 is 11.7 Å². The average Bonchev–Trinajstić information content (AvgIpc) is 3.48. The zero-order chi connectivity index (χ0) is 33.8. The van der Waals surface area contributed by atoms with E-state index in [1.807, 2.05) is 31.2 Å². The number of nitrogens with zero attached hydrogens (tertiary/aromatic N) is 5. The van der Waals surface area contributed by atoms with Crippen LogP contribution in [0.3, 0.4) is 0 Å². The summed E-state index contributed by atoms with van der Waals surface area (Å²) in [6.45, 7) is 7.05. The van der Waals surface area contributed by atoms with Gasteiger partial charge in [0.2, 0.25) is 11.9 Å². The quantitative estimate of drug-likeness (QED) is 0.315. The second-order valence-corrected chi connectivity index (χ2v) is 12.2. The van der Waals surface area contributed by atoms with Crippen LogP contribution in [0.2, 0.25) is 0 Å². The van der Waals surface area contributed by atoms with Crippen molar-refractivity contribution < 1.29 is 32.2 Å². The van der Waals surface area contributed by atoms with Crippen LogP contribution in [-0.4, -0.2) is 90.8 Å². The van der Waals surface area contributed by atoms with Gasteiger partial charge in [-0.3, -0.25) is 9.69 Å². The number of aryl methyl sites for hydroxylation is 2. The average molecular weight is 668 g/mol. The van der Waals surface area contributed by atoms with Gasteiger partial charge < -0.3 is 29.9 Å². The van der Waals surface area contributed by atoms with E-state index in [2.05, 4.69) is 30.4 Å². The second kappa shape index (κ2) is 14.3. The summed E-state index contributed by atoms with van der Waals surface area (Å²) in [6.07, 6.45) is -1.68. The number of hydrogen-bond donors (Lipinski definition) is 2. The van der Waals surface area contributed by atoms with Crippen molar-refractivity contribution in [3.63, 3.8) is 0 Å². The fourth-order valence-electron chi connectivity index (χ4n) is 6.78. The van der Waals surface area contributed by atoms with Crippen molar-refractivity contribution in [2.75, 3.05) is 68.5 Å². The van der Waals surface area contributed by atoms with Crippen LogP contribution in [0.4, 0.5) is 41.0 Å². The molecule has 48 heavy (non-hydrogen) atoms. The third-order valence-electron chi connectivity index (χ3n) is 9.31. The lowest BCUT2D eigenvalue weighted by Gasteiger charge is -2.43. The minimum atomic E-state index is -4.62. The summed E-state index contributed by atoms with van der Waals surface area (Å²) in [5.74, 6) is 0.416. The predicted octanol–water partition coefficient (Wildman–Crippen LogP) is 5.27. The Labute approximate surface area is 277 Å². The van der Waals surface area contributed by atoms with Gasteiger partial charge in [0.25, 0.3) is 0 Å². The number of carbonyl (C=O) groups is 2. The van der Waals surface area contributed by atoms with Gasteiger partial charge in [0, 0.05) is 68.9 Å². The molecule has 2 fully saturated rings. The fourth-order valence-corrected chi connectivity index (χ4v) is 6.78. The lowest BCUT2D eigenvalue weighted by molar-refractivity contribution is -0.138. The van der Waals surface area contributed by atoms with E-state index in [-0.39, 0.29) is 42.9 Å². The summed E-state index contributed by atoms with van der Waals surface area (Å²) in [4.78, 5) is 38.8. The van der Waals surface area contributed by atoms with Crippen LogP contribution >= 0.6 is 0 Å². The number of amides is 2. The number of carbonyl (C=O) groups excluding carboxylic acids is 2. The largest absolute Gasteiger partial charge is 0.494 e. The molecule has 2 aromatic carbocycles. The summed E-state index contributed by atoms with van der Waals surface area (Å²) in [5, 5.41) is 5.84. The number of halogens is 3. The first kappa shape index (κ1) is 33.3. The van der Waals surface area contributed by atoms with Crippen LogP contribution in [0.5, 0.6) is 5.75 Å². The zero-order valence-electron chi connectivity index (χ0n) is 27.1. The lowest BCUT2D eigenvalue weighted by atomic mass is 9.98. The molecule has 256 valence electrons. The summed E-state index contributed by atoms with van der Waals surface area (Å²) < 4.78 is 52.6. The maximum absolute atomic E-state index is 13.9. The summed E-state index contributed by atoms with van der Waals surface area (Å²) in [7, 11) is 1.54. The first-order valence-corrected chi connectivity index (χ1v) is 16.3. The van der Waals surface area contributed by atoms with Crippen molar-refractivity contribution in [2.24, 2.45) is 0 Å². The van der Waals surface area contributed by atoms with E-state index in [4.69, 9.17) is 9.47 Å². The van der Waals surface area contributed by atoms with Crippen molar-refractivity contribution in [3.05, 3.63) is 65.0 Å². The third kappa shape index (κ3) is 7.43. The molecule has 3 aromatic rings. The first-order valence-electron chi connectivity index (χ1n) is 16.3. The molecule has 0 aliphatic carbocycles. The van der Waals surface area contributed by atoms with E-state index >= 15 is 0 Å². The molecule has 3 aliphatic rings. The minimum Gasteiger partial charge on any atom is -0.494 e. The molecule has 4 heterocycles. The Kier molecular flexibility index (Phi) is 9.90. The Morgan fingerprint density at radius 2 is 1.83 bits per heavy atom. The molecule has 0 bridgehead atoms.